The van der Waals surface area contributed by atoms with Crippen molar-refractivity contribution in [1.29, 1.82) is 0 Å². The van der Waals surface area contributed by atoms with Crippen LogP contribution < -0.4 is 10.2 Å². The van der Waals surface area contributed by atoms with E-state index < -0.39 is 11.9 Å². The van der Waals surface area contributed by atoms with Crippen LogP contribution in [-0.2, 0) is 4.74 Å². The second kappa shape index (κ2) is 9.12. The highest BCUT2D eigenvalue weighted by molar-refractivity contribution is 6.29. The first-order valence-corrected chi connectivity index (χ1v) is 11.8. The minimum absolute atomic E-state index is 0.0662. The summed E-state index contributed by atoms with van der Waals surface area (Å²) in [6, 6.07) is 6.89. The number of piperidine rings is 1. The molecular weight excluding hydrogens is 492 g/mol. The van der Waals surface area contributed by atoms with Crippen molar-refractivity contribution in [1.82, 2.24) is 24.6 Å². The number of ether oxygens (including phenoxy) is 1. The standard InChI is InChI=1S/C24H24ClF2N7O2/c1-13-10-15(14(2)29-17-4-5-18(25)30-20(17)22(35)36-3)19-16(11-13)21-32-28-12-34(21)23(31-19)33-8-6-24(26,27)7-9-33/h4-5,10-12,14,29H,6-9H2,1-3H3/t14-/m1/s1. The number of carbonyl (C=O) groups excluding carboxylic acids is 1. The fraction of sp³-hybridized carbons (Fsp3) is 0.375. The van der Waals surface area contributed by atoms with E-state index in [9.17, 15) is 13.6 Å². The molecule has 1 fully saturated rings. The number of rotatable bonds is 5. The predicted octanol–water partition coefficient (Wildman–Crippen LogP) is 4.83. The van der Waals surface area contributed by atoms with Gasteiger partial charge in [0.2, 0.25) is 5.95 Å². The van der Waals surface area contributed by atoms with Gasteiger partial charge in [-0.05, 0) is 37.6 Å². The predicted molar refractivity (Wildman–Crippen MR) is 132 cm³/mol. The third-order valence-electron chi connectivity index (χ3n) is 6.36. The van der Waals surface area contributed by atoms with Crippen molar-refractivity contribution >= 4 is 45.8 Å². The van der Waals surface area contributed by atoms with Crippen LogP contribution in [-0.4, -0.2) is 56.7 Å². The van der Waals surface area contributed by atoms with E-state index in [0.29, 0.717) is 22.8 Å². The normalized spacial score (nSPS) is 16.3. The van der Waals surface area contributed by atoms with Gasteiger partial charge in [0.05, 0.1) is 24.4 Å². The first kappa shape index (κ1) is 24.1. The Hall–Kier alpha value is -3.60. The van der Waals surface area contributed by atoms with E-state index in [2.05, 4.69) is 20.5 Å². The highest BCUT2D eigenvalue weighted by Gasteiger charge is 2.35. The van der Waals surface area contributed by atoms with Crippen LogP contribution in [0.2, 0.25) is 5.15 Å². The zero-order valence-electron chi connectivity index (χ0n) is 19.9. The highest BCUT2D eigenvalue weighted by Crippen LogP contribution is 2.34. The zero-order chi connectivity index (χ0) is 25.6. The SMILES string of the molecule is COC(=O)c1nc(Cl)ccc1N[C@H](C)c1cc(C)cc2c1nc(N1CCC(F)(F)CC1)n1cnnc21. The van der Waals surface area contributed by atoms with Crippen LogP contribution in [0.5, 0.6) is 0 Å². The van der Waals surface area contributed by atoms with E-state index in [4.69, 9.17) is 21.3 Å². The smallest absolute Gasteiger partial charge is 0.358 e. The molecule has 9 nitrogen and oxygen atoms in total. The molecule has 0 aliphatic carbocycles. The Balaban J connectivity index is 1.61. The van der Waals surface area contributed by atoms with Gasteiger partial charge in [0.15, 0.2) is 11.3 Å². The molecule has 0 amide bonds. The quantitative estimate of drug-likeness (QED) is 0.298. The van der Waals surface area contributed by atoms with Gasteiger partial charge >= 0.3 is 5.97 Å². The van der Waals surface area contributed by atoms with Crippen molar-refractivity contribution in [3.63, 3.8) is 0 Å². The van der Waals surface area contributed by atoms with Gasteiger partial charge in [-0.25, -0.2) is 23.5 Å². The van der Waals surface area contributed by atoms with Crippen molar-refractivity contribution in [2.75, 3.05) is 30.4 Å². The maximum atomic E-state index is 13.8. The largest absolute Gasteiger partial charge is 0.464 e. The number of anilines is 2. The van der Waals surface area contributed by atoms with Crippen LogP contribution in [0, 0.1) is 6.92 Å². The lowest BCUT2D eigenvalue weighted by Crippen LogP contribution is -2.40. The van der Waals surface area contributed by atoms with Crippen molar-refractivity contribution < 1.29 is 18.3 Å². The number of methoxy groups -OCH3 is 1. The number of hydrogen-bond acceptors (Lipinski definition) is 8. The number of halogens is 3. The topological polar surface area (TPSA) is 97.5 Å². The van der Waals surface area contributed by atoms with Gasteiger partial charge in [0.25, 0.3) is 5.92 Å². The number of aromatic nitrogens is 5. The van der Waals surface area contributed by atoms with Crippen LogP contribution in [0.1, 0.15) is 47.4 Å². The third-order valence-corrected chi connectivity index (χ3v) is 6.57. The second-order valence-electron chi connectivity index (χ2n) is 8.92. The Morgan fingerprint density at radius 2 is 1.97 bits per heavy atom. The summed E-state index contributed by atoms with van der Waals surface area (Å²) < 4.78 is 34.3. The minimum Gasteiger partial charge on any atom is -0.464 e. The summed E-state index contributed by atoms with van der Waals surface area (Å²) in [5.74, 6) is -2.78. The molecule has 0 spiro atoms. The second-order valence-corrected chi connectivity index (χ2v) is 9.30. The molecule has 0 unspecified atom stereocenters. The number of benzene rings is 1. The number of fused-ring (bicyclic) bond motifs is 3. The average molecular weight is 516 g/mol. The lowest BCUT2D eigenvalue weighted by molar-refractivity contribution is -0.0222. The number of nitrogens with zero attached hydrogens (tertiary/aromatic N) is 6. The Morgan fingerprint density at radius 3 is 2.69 bits per heavy atom. The summed E-state index contributed by atoms with van der Waals surface area (Å²) in [6.45, 7) is 4.24. The zero-order valence-corrected chi connectivity index (χ0v) is 20.7. The first-order chi connectivity index (χ1) is 17.2. The molecule has 4 aromatic rings. The van der Waals surface area contributed by atoms with Crippen molar-refractivity contribution in [3.8, 4) is 0 Å². The van der Waals surface area contributed by atoms with Gasteiger partial charge < -0.3 is 15.0 Å². The number of alkyl halides is 2. The molecule has 0 bridgehead atoms. The van der Waals surface area contributed by atoms with Gasteiger partial charge in [0, 0.05) is 36.9 Å². The summed E-state index contributed by atoms with van der Waals surface area (Å²) in [5, 5.41) is 12.6. The Kier molecular flexibility index (Phi) is 6.11. The van der Waals surface area contributed by atoms with Crippen molar-refractivity contribution in [2.24, 2.45) is 0 Å². The summed E-state index contributed by atoms with van der Waals surface area (Å²) in [5.41, 5.74) is 3.59. The molecule has 5 rings (SSSR count). The fourth-order valence-electron chi connectivity index (χ4n) is 4.52. The maximum Gasteiger partial charge on any atom is 0.358 e. The van der Waals surface area contributed by atoms with Gasteiger partial charge in [0.1, 0.15) is 11.5 Å². The van der Waals surface area contributed by atoms with Crippen LogP contribution in [0.15, 0.2) is 30.6 Å². The number of pyridine rings is 1. The van der Waals surface area contributed by atoms with Crippen molar-refractivity contribution in [2.45, 2.75) is 38.7 Å². The van der Waals surface area contributed by atoms with E-state index in [1.54, 1.807) is 22.9 Å². The number of nitrogens with one attached hydrogen (secondary N) is 1. The molecule has 1 aromatic carbocycles. The number of hydrogen-bond donors (Lipinski definition) is 1. The molecule has 1 atom stereocenters. The summed E-state index contributed by atoms with van der Waals surface area (Å²) in [4.78, 5) is 23.2. The molecule has 188 valence electrons. The van der Waals surface area contributed by atoms with Crippen molar-refractivity contribution in [3.05, 3.63) is 52.6 Å². The fourth-order valence-corrected chi connectivity index (χ4v) is 4.67. The summed E-state index contributed by atoms with van der Waals surface area (Å²) in [6.07, 6.45) is 1.07. The third kappa shape index (κ3) is 4.39. The van der Waals surface area contributed by atoms with Crippen LogP contribution >= 0.6 is 11.6 Å². The molecule has 1 aliphatic rings. The molecule has 12 heteroatoms. The number of carbonyl (C=O) groups is 1. The molecule has 36 heavy (non-hydrogen) atoms. The molecule has 1 aliphatic heterocycles. The van der Waals surface area contributed by atoms with E-state index in [1.165, 1.54) is 7.11 Å². The van der Waals surface area contributed by atoms with E-state index in [-0.39, 0.29) is 42.8 Å². The Bertz CT molecular complexity index is 1470. The Morgan fingerprint density at radius 1 is 1.22 bits per heavy atom. The van der Waals surface area contributed by atoms with E-state index in [0.717, 1.165) is 16.5 Å². The van der Waals surface area contributed by atoms with Crippen LogP contribution in [0.3, 0.4) is 0 Å². The van der Waals surface area contributed by atoms with Crippen LogP contribution in [0.25, 0.3) is 16.6 Å². The molecule has 4 heterocycles. The molecule has 3 aromatic heterocycles. The molecular formula is C24H24ClF2N7O2. The maximum absolute atomic E-state index is 13.8. The van der Waals surface area contributed by atoms with Crippen LogP contribution in [0.4, 0.5) is 20.4 Å². The Labute approximate surface area is 210 Å². The average Bonchev–Trinajstić information content (AvgIpc) is 3.34. The van der Waals surface area contributed by atoms with Gasteiger partial charge in [-0.15, -0.1) is 10.2 Å². The highest BCUT2D eigenvalue weighted by atomic mass is 35.5. The van der Waals surface area contributed by atoms with Gasteiger partial charge in [-0.2, -0.15) is 0 Å². The van der Waals surface area contributed by atoms with E-state index >= 15 is 0 Å². The molecule has 0 saturated carbocycles. The first-order valence-electron chi connectivity index (χ1n) is 11.4. The molecule has 1 saturated heterocycles. The lowest BCUT2D eigenvalue weighted by Gasteiger charge is -2.32. The monoisotopic (exact) mass is 515 g/mol. The minimum atomic E-state index is -2.68. The van der Waals surface area contributed by atoms with Gasteiger partial charge in [-0.3, -0.25) is 4.40 Å². The number of aryl methyl sites for hydroxylation is 1. The van der Waals surface area contributed by atoms with Gasteiger partial charge in [-0.1, -0.05) is 17.7 Å². The lowest BCUT2D eigenvalue weighted by atomic mass is 10.0. The molecule has 1 N–H and O–H groups in total. The van der Waals surface area contributed by atoms with E-state index in [1.807, 2.05) is 30.9 Å². The molecule has 0 radical (unpaired) electrons. The summed E-state index contributed by atoms with van der Waals surface area (Å²) >= 11 is 6.00. The summed E-state index contributed by atoms with van der Waals surface area (Å²) in [7, 11) is 1.28. The number of esters is 1.